The van der Waals surface area contributed by atoms with Crippen LogP contribution in [0.25, 0.3) is 11.1 Å². The van der Waals surface area contributed by atoms with Crippen LogP contribution < -0.4 is 5.32 Å². The predicted molar refractivity (Wildman–Crippen MR) is 112 cm³/mol. The fraction of sp³-hybridized carbons (Fsp3) is 0.174. The normalized spacial score (nSPS) is 12.1. The number of carbonyl (C=O) groups is 2. The molecular formula is C23H18N2O3S. The lowest BCUT2D eigenvalue weighted by molar-refractivity contribution is -0.119. The number of nitriles is 1. The Morgan fingerprint density at radius 3 is 2.48 bits per heavy atom. The van der Waals surface area contributed by atoms with Gasteiger partial charge in [-0.2, -0.15) is 5.26 Å². The fourth-order valence-corrected chi connectivity index (χ4v) is 4.67. The van der Waals surface area contributed by atoms with E-state index in [4.69, 9.17) is 4.74 Å². The second kappa shape index (κ2) is 8.29. The van der Waals surface area contributed by atoms with Crippen LogP contribution in [-0.4, -0.2) is 18.5 Å². The maximum atomic E-state index is 12.2. The van der Waals surface area contributed by atoms with Crippen LogP contribution in [0.2, 0.25) is 0 Å². The summed E-state index contributed by atoms with van der Waals surface area (Å²) in [6.45, 7) is -0.396. The molecule has 3 aromatic rings. The Balaban J connectivity index is 1.35. The molecule has 5 nitrogen and oxygen atoms in total. The summed E-state index contributed by atoms with van der Waals surface area (Å²) < 4.78 is 5.13. The molecule has 0 saturated carbocycles. The summed E-state index contributed by atoms with van der Waals surface area (Å²) in [7, 11) is 0. The molecule has 1 amide bonds. The van der Waals surface area contributed by atoms with Crippen LogP contribution in [-0.2, 0) is 22.4 Å². The highest BCUT2D eigenvalue weighted by molar-refractivity contribution is 7.16. The van der Waals surface area contributed by atoms with Crippen LogP contribution >= 0.6 is 11.3 Å². The fourth-order valence-electron chi connectivity index (χ4n) is 3.42. The zero-order valence-electron chi connectivity index (χ0n) is 15.6. The number of nitrogens with zero attached hydrogens (tertiary/aromatic N) is 1. The molecule has 0 radical (unpaired) electrons. The third-order valence-corrected chi connectivity index (χ3v) is 6.06. The van der Waals surface area contributed by atoms with E-state index in [-0.39, 0.29) is 0 Å². The molecule has 4 rings (SSSR count). The number of esters is 1. The predicted octanol–water partition coefficient (Wildman–Crippen LogP) is 4.57. The summed E-state index contributed by atoms with van der Waals surface area (Å²) in [4.78, 5) is 25.6. The van der Waals surface area contributed by atoms with Crippen molar-refractivity contribution < 1.29 is 14.3 Å². The molecular weight excluding hydrogens is 384 g/mol. The molecule has 0 bridgehead atoms. The smallest absolute Gasteiger partial charge is 0.338 e. The van der Waals surface area contributed by atoms with E-state index in [1.165, 1.54) is 11.3 Å². The number of hydrogen-bond donors (Lipinski definition) is 1. The number of aryl methyl sites for hydroxylation is 1. The molecule has 1 aliphatic carbocycles. The highest BCUT2D eigenvalue weighted by Gasteiger charge is 2.23. The SMILES string of the molecule is N#Cc1c(NC(=O)COC(=O)c2ccc(-c3ccccc3)cc2)sc2c1CCC2. The van der Waals surface area contributed by atoms with Crippen LogP contribution in [0.3, 0.4) is 0 Å². The number of anilines is 1. The maximum absolute atomic E-state index is 12.2. The van der Waals surface area contributed by atoms with Gasteiger partial charge in [-0.25, -0.2) is 4.79 Å². The Kier molecular flexibility index (Phi) is 5.41. The molecule has 144 valence electrons. The number of rotatable bonds is 5. The summed E-state index contributed by atoms with van der Waals surface area (Å²) >= 11 is 1.44. The quantitative estimate of drug-likeness (QED) is 0.634. The third-order valence-electron chi connectivity index (χ3n) is 4.85. The molecule has 0 aliphatic heterocycles. The zero-order valence-corrected chi connectivity index (χ0v) is 16.4. The lowest BCUT2D eigenvalue weighted by Crippen LogP contribution is -2.20. The molecule has 0 saturated heterocycles. The molecule has 0 spiro atoms. The Labute approximate surface area is 172 Å². The minimum Gasteiger partial charge on any atom is -0.452 e. The van der Waals surface area contributed by atoms with E-state index >= 15 is 0 Å². The van der Waals surface area contributed by atoms with Gasteiger partial charge in [0.2, 0.25) is 0 Å². The van der Waals surface area contributed by atoms with Gasteiger partial charge in [-0.1, -0.05) is 42.5 Å². The van der Waals surface area contributed by atoms with Gasteiger partial charge < -0.3 is 10.1 Å². The first-order chi connectivity index (χ1) is 14.2. The topological polar surface area (TPSA) is 79.2 Å². The second-order valence-electron chi connectivity index (χ2n) is 6.74. The summed E-state index contributed by atoms with van der Waals surface area (Å²) in [5, 5.41) is 12.6. The highest BCUT2D eigenvalue weighted by Crippen LogP contribution is 2.38. The zero-order chi connectivity index (χ0) is 20.2. The lowest BCUT2D eigenvalue weighted by Gasteiger charge is -2.07. The number of hydrogen-bond acceptors (Lipinski definition) is 5. The molecule has 0 atom stereocenters. The number of fused-ring (bicyclic) bond motifs is 1. The Morgan fingerprint density at radius 2 is 1.76 bits per heavy atom. The van der Waals surface area contributed by atoms with E-state index in [9.17, 15) is 14.9 Å². The van der Waals surface area contributed by atoms with E-state index in [1.807, 2.05) is 42.5 Å². The summed E-state index contributed by atoms with van der Waals surface area (Å²) in [6.07, 6.45) is 2.86. The maximum Gasteiger partial charge on any atom is 0.338 e. The van der Waals surface area contributed by atoms with Crippen molar-refractivity contribution in [2.45, 2.75) is 19.3 Å². The van der Waals surface area contributed by atoms with Crippen molar-refractivity contribution in [3.05, 3.63) is 76.2 Å². The number of thiophene rings is 1. The molecule has 6 heteroatoms. The summed E-state index contributed by atoms with van der Waals surface area (Å²) in [5.74, 6) is -1.01. The lowest BCUT2D eigenvalue weighted by atomic mass is 10.0. The van der Waals surface area contributed by atoms with E-state index in [1.54, 1.807) is 12.1 Å². The van der Waals surface area contributed by atoms with Gasteiger partial charge in [-0.3, -0.25) is 4.79 Å². The van der Waals surface area contributed by atoms with Gasteiger partial charge in [-0.05, 0) is 48.1 Å². The number of carbonyl (C=O) groups excluding carboxylic acids is 2. The van der Waals surface area contributed by atoms with Crippen LogP contribution in [0.4, 0.5) is 5.00 Å². The molecule has 2 aromatic carbocycles. The van der Waals surface area contributed by atoms with E-state index in [0.29, 0.717) is 16.1 Å². The van der Waals surface area contributed by atoms with Crippen molar-refractivity contribution >= 4 is 28.2 Å². The van der Waals surface area contributed by atoms with Crippen molar-refractivity contribution in [3.63, 3.8) is 0 Å². The first-order valence-corrected chi connectivity index (χ1v) is 10.1. The van der Waals surface area contributed by atoms with Gasteiger partial charge in [0, 0.05) is 4.88 Å². The average Bonchev–Trinajstić information content (AvgIpc) is 3.33. The Morgan fingerprint density at radius 1 is 1.03 bits per heavy atom. The highest BCUT2D eigenvalue weighted by atomic mass is 32.1. The summed E-state index contributed by atoms with van der Waals surface area (Å²) in [6, 6.07) is 19.1. The first-order valence-electron chi connectivity index (χ1n) is 9.33. The van der Waals surface area contributed by atoms with Crippen LogP contribution in [0, 0.1) is 11.3 Å². The van der Waals surface area contributed by atoms with E-state index < -0.39 is 18.5 Å². The van der Waals surface area contributed by atoms with E-state index in [0.717, 1.165) is 40.8 Å². The van der Waals surface area contributed by atoms with Gasteiger partial charge in [0.05, 0.1) is 11.1 Å². The minimum absolute atomic E-state index is 0.380. The average molecular weight is 402 g/mol. The number of benzene rings is 2. The van der Waals surface area contributed by atoms with Crippen molar-refractivity contribution in [1.82, 2.24) is 0 Å². The van der Waals surface area contributed by atoms with Crippen LogP contribution in [0.1, 0.15) is 32.8 Å². The third kappa shape index (κ3) is 4.05. The van der Waals surface area contributed by atoms with Crippen molar-refractivity contribution in [1.29, 1.82) is 5.26 Å². The van der Waals surface area contributed by atoms with Gasteiger partial charge in [0.25, 0.3) is 5.91 Å². The van der Waals surface area contributed by atoms with Crippen LogP contribution in [0.15, 0.2) is 54.6 Å². The van der Waals surface area contributed by atoms with Crippen molar-refractivity contribution in [2.24, 2.45) is 0 Å². The standard InChI is InChI=1S/C23H18N2O3S/c24-13-19-18-7-4-8-20(18)29-22(19)25-21(26)14-28-23(27)17-11-9-16(10-12-17)15-5-2-1-3-6-15/h1-3,5-6,9-12H,4,7-8,14H2,(H,25,26). The molecule has 29 heavy (non-hydrogen) atoms. The van der Waals surface area contributed by atoms with Gasteiger partial charge >= 0.3 is 5.97 Å². The number of amides is 1. The Hall–Kier alpha value is -3.43. The minimum atomic E-state index is -0.561. The largest absolute Gasteiger partial charge is 0.452 e. The number of ether oxygens (including phenoxy) is 1. The van der Waals surface area contributed by atoms with Gasteiger partial charge in [-0.15, -0.1) is 11.3 Å². The Bertz CT molecular complexity index is 1100. The van der Waals surface area contributed by atoms with Gasteiger partial charge in [0.1, 0.15) is 11.1 Å². The molecule has 1 aliphatic rings. The molecule has 1 aromatic heterocycles. The van der Waals surface area contributed by atoms with Gasteiger partial charge in [0.15, 0.2) is 6.61 Å². The first kappa shape index (κ1) is 18.9. The van der Waals surface area contributed by atoms with E-state index in [2.05, 4.69) is 11.4 Å². The van der Waals surface area contributed by atoms with Crippen molar-refractivity contribution in [2.75, 3.05) is 11.9 Å². The summed E-state index contributed by atoms with van der Waals surface area (Å²) in [5.41, 5.74) is 4.02. The van der Waals surface area contributed by atoms with Crippen molar-refractivity contribution in [3.8, 4) is 17.2 Å². The molecule has 0 unspecified atom stereocenters. The second-order valence-corrected chi connectivity index (χ2v) is 7.85. The van der Waals surface area contributed by atoms with Crippen LogP contribution in [0.5, 0.6) is 0 Å². The monoisotopic (exact) mass is 402 g/mol. The molecule has 1 heterocycles. The number of nitrogens with one attached hydrogen (secondary N) is 1. The molecule has 1 N–H and O–H groups in total. The molecule has 0 fully saturated rings.